The summed E-state index contributed by atoms with van der Waals surface area (Å²) in [4.78, 5) is 23.3. The Morgan fingerprint density at radius 1 is 1.24 bits per heavy atom. The number of carbonyl (C=O) groups is 2. The fraction of sp³-hybridized carbons (Fsp3) is 0.429. The summed E-state index contributed by atoms with van der Waals surface area (Å²) in [5.74, 6) is -1.82. The van der Waals surface area contributed by atoms with E-state index in [-0.39, 0.29) is 18.8 Å². The van der Waals surface area contributed by atoms with Gasteiger partial charge in [0.1, 0.15) is 5.82 Å². The quantitative estimate of drug-likeness (QED) is 0.621. The van der Waals surface area contributed by atoms with Gasteiger partial charge < -0.3 is 21.7 Å². The van der Waals surface area contributed by atoms with Crippen molar-refractivity contribution in [3.63, 3.8) is 0 Å². The first-order chi connectivity index (χ1) is 9.95. The van der Waals surface area contributed by atoms with E-state index in [1.54, 1.807) is 6.07 Å². The molecule has 0 unspecified atom stereocenters. The minimum atomic E-state index is -0.657. The molecule has 7 heteroatoms. The zero-order valence-corrected chi connectivity index (χ0v) is 11.6. The van der Waals surface area contributed by atoms with Crippen LogP contribution in [-0.4, -0.2) is 30.9 Å². The van der Waals surface area contributed by atoms with Gasteiger partial charge in [-0.15, -0.1) is 0 Å². The summed E-state index contributed by atoms with van der Waals surface area (Å²) in [5.41, 5.74) is 11.2. The lowest BCUT2D eigenvalue weighted by Gasteiger charge is -2.22. The molecule has 1 saturated carbocycles. The van der Waals surface area contributed by atoms with Gasteiger partial charge >= 0.3 is 0 Å². The number of rotatable bonds is 8. The number of nitrogens with zero attached hydrogens (tertiary/aromatic N) is 1. The van der Waals surface area contributed by atoms with Crippen LogP contribution in [0.3, 0.4) is 0 Å². The van der Waals surface area contributed by atoms with Crippen LogP contribution in [0.1, 0.15) is 18.4 Å². The second kappa shape index (κ2) is 6.53. The van der Waals surface area contributed by atoms with Crippen molar-refractivity contribution in [1.29, 1.82) is 0 Å². The van der Waals surface area contributed by atoms with Crippen molar-refractivity contribution in [2.24, 2.45) is 11.5 Å². The van der Waals surface area contributed by atoms with Crippen molar-refractivity contribution < 1.29 is 14.0 Å². The van der Waals surface area contributed by atoms with Crippen LogP contribution in [0.4, 0.5) is 10.1 Å². The number of nitrogens with two attached hydrogens (primary N) is 2. The Bertz CT molecular complexity index is 530. The zero-order chi connectivity index (χ0) is 15.4. The van der Waals surface area contributed by atoms with Crippen LogP contribution in [-0.2, 0) is 16.1 Å². The Balaban J connectivity index is 2.10. The number of amides is 2. The number of benzene rings is 1. The normalized spacial score (nSPS) is 14.0. The molecular weight excluding hydrogens is 275 g/mol. The standard InChI is InChI=1S/C14H19FN4O2/c15-11-5-9(6-18-10-2-3-10)1-4-12(11)19(7-13(16)20)8-14(17)21/h1,4-5,10,18H,2-3,6-8H2,(H2,16,20)(H2,17,21). The van der Waals surface area contributed by atoms with Gasteiger partial charge in [-0.25, -0.2) is 4.39 Å². The molecule has 0 radical (unpaired) electrons. The van der Waals surface area contributed by atoms with E-state index in [2.05, 4.69) is 5.32 Å². The predicted molar refractivity (Wildman–Crippen MR) is 76.9 cm³/mol. The van der Waals surface area contributed by atoms with Crippen LogP contribution in [0.25, 0.3) is 0 Å². The second-order valence-corrected chi connectivity index (χ2v) is 5.23. The summed E-state index contributed by atoms with van der Waals surface area (Å²) in [7, 11) is 0. The largest absolute Gasteiger partial charge is 0.368 e. The molecule has 114 valence electrons. The average Bonchev–Trinajstić information content (AvgIpc) is 3.18. The fourth-order valence-electron chi connectivity index (χ4n) is 2.07. The van der Waals surface area contributed by atoms with Gasteiger partial charge in [0.25, 0.3) is 0 Å². The van der Waals surface area contributed by atoms with Gasteiger partial charge in [-0.1, -0.05) is 6.07 Å². The van der Waals surface area contributed by atoms with Gasteiger partial charge in [0.05, 0.1) is 18.8 Å². The van der Waals surface area contributed by atoms with Crippen LogP contribution in [0, 0.1) is 5.82 Å². The summed E-state index contributed by atoms with van der Waals surface area (Å²) in [6.07, 6.45) is 2.32. The highest BCUT2D eigenvalue weighted by atomic mass is 19.1. The molecule has 0 saturated heterocycles. The predicted octanol–water partition coefficient (Wildman–Crippen LogP) is -0.145. The molecular formula is C14H19FN4O2. The van der Waals surface area contributed by atoms with Crippen LogP contribution >= 0.6 is 0 Å². The molecule has 2 amide bonds. The molecule has 1 aromatic carbocycles. The van der Waals surface area contributed by atoms with Crippen molar-refractivity contribution >= 4 is 17.5 Å². The molecule has 0 spiro atoms. The highest BCUT2D eigenvalue weighted by molar-refractivity contribution is 5.84. The number of carbonyl (C=O) groups excluding carboxylic acids is 2. The van der Waals surface area contributed by atoms with E-state index >= 15 is 0 Å². The summed E-state index contributed by atoms with van der Waals surface area (Å²) in [6, 6.07) is 5.21. The summed E-state index contributed by atoms with van der Waals surface area (Å²) in [6.45, 7) is 0.0621. The number of nitrogens with one attached hydrogen (secondary N) is 1. The summed E-state index contributed by atoms with van der Waals surface area (Å²) in [5, 5.41) is 3.28. The van der Waals surface area contributed by atoms with E-state index in [0.717, 1.165) is 18.4 Å². The fourth-order valence-corrected chi connectivity index (χ4v) is 2.07. The van der Waals surface area contributed by atoms with Gasteiger partial charge in [0.15, 0.2) is 0 Å². The lowest BCUT2D eigenvalue weighted by atomic mass is 10.1. The SMILES string of the molecule is NC(=O)CN(CC(N)=O)c1ccc(CNC2CC2)cc1F. The van der Waals surface area contributed by atoms with Crippen molar-refractivity contribution in [2.45, 2.75) is 25.4 Å². The van der Waals surface area contributed by atoms with Crippen molar-refractivity contribution in [3.8, 4) is 0 Å². The molecule has 21 heavy (non-hydrogen) atoms. The number of anilines is 1. The molecule has 0 atom stereocenters. The Labute approximate surface area is 122 Å². The smallest absolute Gasteiger partial charge is 0.236 e. The topological polar surface area (TPSA) is 101 Å². The number of halogens is 1. The number of hydrogen-bond donors (Lipinski definition) is 3. The monoisotopic (exact) mass is 294 g/mol. The van der Waals surface area contributed by atoms with Gasteiger partial charge in [0, 0.05) is 12.6 Å². The van der Waals surface area contributed by atoms with E-state index < -0.39 is 17.6 Å². The Morgan fingerprint density at radius 3 is 2.33 bits per heavy atom. The molecule has 2 rings (SSSR count). The van der Waals surface area contributed by atoms with Crippen LogP contribution in [0.5, 0.6) is 0 Å². The third-order valence-corrected chi connectivity index (χ3v) is 3.22. The van der Waals surface area contributed by atoms with Crippen LogP contribution in [0.15, 0.2) is 18.2 Å². The molecule has 5 N–H and O–H groups in total. The summed E-state index contributed by atoms with van der Waals surface area (Å²) >= 11 is 0. The maximum Gasteiger partial charge on any atom is 0.236 e. The third-order valence-electron chi connectivity index (χ3n) is 3.22. The first-order valence-corrected chi connectivity index (χ1v) is 6.79. The lowest BCUT2D eigenvalue weighted by Crippen LogP contribution is -2.40. The molecule has 0 bridgehead atoms. The first-order valence-electron chi connectivity index (χ1n) is 6.79. The van der Waals surface area contributed by atoms with Gasteiger partial charge in [-0.3, -0.25) is 9.59 Å². The zero-order valence-electron chi connectivity index (χ0n) is 11.6. The van der Waals surface area contributed by atoms with Gasteiger partial charge in [-0.2, -0.15) is 0 Å². The number of primary amides is 2. The van der Waals surface area contributed by atoms with Crippen molar-refractivity contribution in [2.75, 3.05) is 18.0 Å². The van der Waals surface area contributed by atoms with E-state index in [1.807, 2.05) is 0 Å². The minimum Gasteiger partial charge on any atom is -0.368 e. The lowest BCUT2D eigenvalue weighted by molar-refractivity contribution is -0.117. The summed E-state index contributed by atoms with van der Waals surface area (Å²) < 4.78 is 14.2. The van der Waals surface area contributed by atoms with Gasteiger partial charge in [0.2, 0.25) is 11.8 Å². The second-order valence-electron chi connectivity index (χ2n) is 5.23. The average molecular weight is 294 g/mol. The molecule has 1 aliphatic rings. The van der Waals surface area contributed by atoms with Crippen molar-refractivity contribution in [1.82, 2.24) is 5.32 Å². The molecule has 1 aliphatic carbocycles. The molecule has 1 fully saturated rings. The Kier molecular flexibility index (Phi) is 4.74. The Morgan fingerprint density at radius 2 is 1.86 bits per heavy atom. The first kappa shape index (κ1) is 15.2. The van der Waals surface area contributed by atoms with Gasteiger partial charge in [-0.05, 0) is 30.5 Å². The maximum atomic E-state index is 14.2. The van der Waals surface area contributed by atoms with Crippen LogP contribution < -0.4 is 21.7 Å². The highest BCUT2D eigenvalue weighted by Crippen LogP contribution is 2.22. The van der Waals surface area contributed by atoms with E-state index in [4.69, 9.17) is 11.5 Å². The molecule has 0 aliphatic heterocycles. The van der Waals surface area contributed by atoms with E-state index in [9.17, 15) is 14.0 Å². The molecule has 6 nitrogen and oxygen atoms in total. The highest BCUT2D eigenvalue weighted by Gasteiger charge is 2.20. The minimum absolute atomic E-state index is 0.141. The van der Waals surface area contributed by atoms with E-state index in [1.165, 1.54) is 17.0 Å². The molecule has 0 heterocycles. The molecule has 1 aromatic rings. The molecule has 0 aromatic heterocycles. The van der Waals surface area contributed by atoms with Crippen molar-refractivity contribution in [3.05, 3.63) is 29.6 Å². The number of hydrogen-bond acceptors (Lipinski definition) is 4. The van der Waals surface area contributed by atoms with Crippen LogP contribution in [0.2, 0.25) is 0 Å². The maximum absolute atomic E-state index is 14.2. The van der Waals surface area contributed by atoms with E-state index in [0.29, 0.717) is 12.6 Å². The Hall–Kier alpha value is -2.15. The third kappa shape index (κ3) is 4.71.